The predicted molar refractivity (Wildman–Crippen MR) is 76.3 cm³/mol. The molecule has 3 heteroatoms. The van der Waals surface area contributed by atoms with Crippen molar-refractivity contribution in [2.75, 3.05) is 7.05 Å². The van der Waals surface area contributed by atoms with Gasteiger partial charge in [-0.05, 0) is 31.1 Å². The Bertz CT molecular complexity index is 501. The lowest BCUT2D eigenvalue weighted by atomic mass is 10.0. The van der Waals surface area contributed by atoms with E-state index in [0.29, 0.717) is 5.76 Å². The Morgan fingerprint density at radius 3 is 2.78 bits per heavy atom. The highest BCUT2D eigenvalue weighted by molar-refractivity contribution is 5.39. The molecule has 18 heavy (non-hydrogen) atoms. The van der Waals surface area contributed by atoms with Gasteiger partial charge in [0, 0.05) is 30.6 Å². The Hall–Kier alpha value is -1.77. The van der Waals surface area contributed by atoms with E-state index in [9.17, 15) is 5.11 Å². The first-order chi connectivity index (χ1) is 8.72. The van der Waals surface area contributed by atoms with Gasteiger partial charge in [-0.3, -0.25) is 4.98 Å². The minimum Gasteiger partial charge on any atom is -0.512 e. The summed E-state index contributed by atoms with van der Waals surface area (Å²) in [6.07, 6.45) is 9.19. The second-order valence-electron chi connectivity index (χ2n) is 4.18. The second-order valence-corrected chi connectivity index (χ2v) is 4.18. The number of hydrogen-bond acceptors (Lipinski definition) is 3. The number of aromatic nitrogens is 1. The van der Waals surface area contributed by atoms with Crippen molar-refractivity contribution in [2.24, 2.45) is 5.92 Å². The Morgan fingerprint density at radius 1 is 1.44 bits per heavy atom. The molecule has 0 saturated heterocycles. The molecule has 0 aliphatic heterocycles. The Kier molecular flexibility index (Phi) is 5.98. The molecule has 0 aromatic carbocycles. The van der Waals surface area contributed by atoms with Crippen LogP contribution in [0.25, 0.3) is 12.3 Å². The number of nitrogens with one attached hydrogen (secondary N) is 1. The van der Waals surface area contributed by atoms with Crippen LogP contribution in [-0.2, 0) is 0 Å². The van der Waals surface area contributed by atoms with Crippen molar-refractivity contribution in [1.82, 2.24) is 10.3 Å². The van der Waals surface area contributed by atoms with E-state index in [4.69, 9.17) is 0 Å². The largest absolute Gasteiger partial charge is 0.512 e. The molecule has 0 fully saturated rings. The van der Waals surface area contributed by atoms with Crippen LogP contribution in [0, 0.1) is 5.92 Å². The normalized spacial score (nSPS) is 14.3. The van der Waals surface area contributed by atoms with E-state index in [1.807, 2.05) is 31.5 Å². The summed E-state index contributed by atoms with van der Waals surface area (Å²) in [6.45, 7) is 4.17. The number of nitrogens with zero attached hydrogens (tertiary/aromatic N) is 1. The summed E-state index contributed by atoms with van der Waals surface area (Å²) in [7, 11) is 1.84. The molecule has 98 valence electrons. The maximum Gasteiger partial charge on any atom is 0.0953 e. The lowest BCUT2D eigenvalue weighted by Gasteiger charge is -2.09. The van der Waals surface area contributed by atoms with Crippen molar-refractivity contribution in [1.29, 1.82) is 0 Å². The van der Waals surface area contributed by atoms with E-state index in [2.05, 4.69) is 24.1 Å². The van der Waals surface area contributed by atoms with Gasteiger partial charge < -0.3 is 10.4 Å². The first-order valence-corrected chi connectivity index (χ1v) is 6.42. The summed E-state index contributed by atoms with van der Waals surface area (Å²) < 4.78 is 0. The van der Waals surface area contributed by atoms with Crippen LogP contribution in [0.4, 0.5) is 0 Å². The maximum absolute atomic E-state index is 9.97. The molecule has 0 unspecified atom stereocenters. The number of allylic oxidation sites excluding steroid dienone is 2. The van der Waals surface area contributed by atoms with Crippen LogP contribution in [0.5, 0.6) is 0 Å². The van der Waals surface area contributed by atoms with Crippen molar-refractivity contribution in [2.45, 2.75) is 26.7 Å². The van der Waals surface area contributed by atoms with E-state index in [0.717, 1.165) is 23.4 Å². The van der Waals surface area contributed by atoms with Crippen LogP contribution in [0.3, 0.4) is 0 Å². The number of rotatable bonds is 5. The summed E-state index contributed by atoms with van der Waals surface area (Å²) in [6, 6.07) is 3.87. The molecular weight excluding hydrogens is 224 g/mol. The monoisotopic (exact) mass is 246 g/mol. The van der Waals surface area contributed by atoms with E-state index in [1.54, 1.807) is 12.3 Å². The highest BCUT2D eigenvalue weighted by Crippen LogP contribution is 2.15. The van der Waals surface area contributed by atoms with Gasteiger partial charge >= 0.3 is 0 Å². The predicted octanol–water partition coefficient (Wildman–Crippen LogP) is 1.70. The first-order valence-electron chi connectivity index (χ1n) is 6.42. The minimum atomic E-state index is 0.245. The van der Waals surface area contributed by atoms with Crippen molar-refractivity contribution in [3.63, 3.8) is 0 Å². The number of aliphatic hydroxyl groups excluding tert-OH is 1. The fourth-order valence-electron chi connectivity index (χ4n) is 1.85. The Balaban J connectivity index is 3.11. The molecule has 0 bridgehead atoms. The standard InChI is InChI=1S/C15H22N2O/c1-4-12(5-2)15(18)9-8-13-7-6-10-17-14(13)11-16-3/h6-12,16,18H,4-5H2,1-3H3/b13-8-,14-11+,15-9-. The molecule has 1 aromatic heterocycles. The molecule has 0 radical (unpaired) electrons. The summed E-state index contributed by atoms with van der Waals surface area (Å²) in [4.78, 5) is 4.27. The lowest BCUT2D eigenvalue weighted by molar-refractivity contribution is 0.319. The molecular formula is C15H22N2O. The highest BCUT2D eigenvalue weighted by atomic mass is 16.3. The van der Waals surface area contributed by atoms with Crippen LogP contribution in [0.2, 0.25) is 0 Å². The van der Waals surface area contributed by atoms with E-state index < -0.39 is 0 Å². The quantitative estimate of drug-likeness (QED) is 0.777. The summed E-state index contributed by atoms with van der Waals surface area (Å²) in [5.74, 6) is 0.689. The van der Waals surface area contributed by atoms with Crippen molar-refractivity contribution in [3.05, 3.63) is 40.7 Å². The van der Waals surface area contributed by atoms with E-state index >= 15 is 0 Å². The fourth-order valence-corrected chi connectivity index (χ4v) is 1.85. The van der Waals surface area contributed by atoms with Crippen LogP contribution in [-0.4, -0.2) is 17.1 Å². The van der Waals surface area contributed by atoms with Gasteiger partial charge in [-0.2, -0.15) is 0 Å². The van der Waals surface area contributed by atoms with E-state index in [-0.39, 0.29) is 5.92 Å². The topological polar surface area (TPSA) is 45.2 Å². The average molecular weight is 246 g/mol. The van der Waals surface area contributed by atoms with Gasteiger partial charge in [-0.15, -0.1) is 0 Å². The van der Waals surface area contributed by atoms with Crippen LogP contribution in [0.1, 0.15) is 26.7 Å². The molecule has 0 atom stereocenters. The molecule has 0 amide bonds. The van der Waals surface area contributed by atoms with Gasteiger partial charge in [0.25, 0.3) is 0 Å². The van der Waals surface area contributed by atoms with Crippen LogP contribution >= 0.6 is 0 Å². The summed E-state index contributed by atoms with van der Waals surface area (Å²) in [5.41, 5.74) is 0. The zero-order valence-corrected chi connectivity index (χ0v) is 11.4. The van der Waals surface area contributed by atoms with E-state index in [1.165, 1.54) is 0 Å². The Morgan fingerprint density at radius 2 is 2.17 bits per heavy atom. The third-order valence-corrected chi connectivity index (χ3v) is 2.99. The smallest absolute Gasteiger partial charge is 0.0953 e. The molecule has 0 spiro atoms. The molecule has 2 N–H and O–H groups in total. The average Bonchev–Trinajstić information content (AvgIpc) is 2.39. The van der Waals surface area contributed by atoms with Gasteiger partial charge in [0.05, 0.1) is 11.1 Å². The van der Waals surface area contributed by atoms with Gasteiger partial charge in [0.2, 0.25) is 0 Å². The molecule has 1 rings (SSSR count). The highest BCUT2D eigenvalue weighted by Gasteiger charge is 2.06. The summed E-state index contributed by atoms with van der Waals surface area (Å²) >= 11 is 0. The third kappa shape index (κ3) is 3.91. The van der Waals surface area contributed by atoms with Crippen molar-refractivity contribution < 1.29 is 5.11 Å². The zero-order valence-electron chi connectivity index (χ0n) is 11.4. The number of aliphatic hydroxyl groups is 1. The lowest BCUT2D eigenvalue weighted by Crippen LogP contribution is -2.29. The Labute approximate surface area is 109 Å². The molecule has 1 aromatic rings. The third-order valence-electron chi connectivity index (χ3n) is 2.99. The van der Waals surface area contributed by atoms with Crippen LogP contribution < -0.4 is 15.9 Å². The van der Waals surface area contributed by atoms with Crippen LogP contribution in [0.15, 0.2) is 30.2 Å². The first kappa shape index (κ1) is 14.3. The molecule has 3 nitrogen and oxygen atoms in total. The fraction of sp³-hybridized carbons (Fsp3) is 0.400. The van der Waals surface area contributed by atoms with Gasteiger partial charge in [-0.1, -0.05) is 19.9 Å². The maximum atomic E-state index is 9.97. The zero-order chi connectivity index (χ0) is 13.4. The van der Waals surface area contributed by atoms with Gasteiger partial charge in [-0.25, -0.2) is 0 Å². The molecule has 0 aliphatic rings. The minimum absolute atomic E-state index is 0.245. The molecule has 1 heterocycles. The second kappa shape index (κ2) is 7.54. The van der Waals surface area contributed by atoms with Crippen molar-refractivity contribution in [3.8, 4) is 0 Å². The van der Waals surface area contributed by atoms with Gasteiger partial charge in [0.1, 0.15) is 0 Å². The van der Waals surface area contributed by atoms with Gasteiger partial charge in [0.15, 0.2) is 0 Å². The van der Waals surface area contributed by atoms with Crippen molar-refractivity contribution >= 4 is 12.3 Å². The SMILES string of the molecule is CCC(CC)/C(O)=C/C=c1/cccn/c1=C/NC. The number of hydrogen-bond donors (Lipinski definition) is 2. The molecule has 0 saturated carbocycles. The number of pyridine rings is 1. The summed E-state index contributed by atoms with van der Waals surface area (Å²) in [5, 5.41) is 14.8. The molecule has 0 aliphatic carbocycles.